The van der Waals surface area contributed by atoms with Gasteiger partial charge in [-0.05, 0) is 25.9 Å². The summed E-state index contributed by atoms with van der Waals surface area (Å²) in [5.41, 5.74) is 0. The van der Waals surface area contributed by atoms with Crippen LogP contribution in [0.15, 0.2) is 0 Å². The van der Waals surface area contributed by atoms with Gasteiger partial charge in [-0.25, -0.2) is 0 Å². The Morgan fingerprint density at radius 2 is 1.88 bits per heavy atom. The lowest BCUT2D eigenvalue weighted by atomic mass is 9.89. The molecule has 0 radical (unpaired) electrons. The molecule has 100 valence electrons. The molecule has 1 aliphatic rings. The van der Waals surface area contributed by atoms with Crippen LogP contribution in [0.4, 0.5) is 0 Å². The monoisotopic (exact) mass is 243 g/mol. The van der Waals surface area contributed by atoms with Crippen LogP contribution in [0.1, 0.15) is 46.0 Å². The maximum Gasteiger partial charge on any atom is 0.309 e. The van der Waals surface area contributed by atoms with Crippen LogP contribution >= 0.6 is 0 Å². The van der Waals surface area contributed by atoms with E-state index in [0.29, 0.717) is 0 Å². The van der Waals surface area contributed by atoms with E-state index in [1.165, 1.54) is 6.42 Å². The summed E-state index contributed by atoms with van der Waals surface area (Å²) < 4.78 is 5.20. The number of hydrogen-bond acceptors (Lipinski definition) is 4. The summed E-state index contributed by atoms with van der Waals surface area (Å²) in [5, 5.41) is 9.80. The van der Waals surface area contributed by atoms with Crippen molar-refractivity contribution in [2.75, 3.05) is 19.7 Å². The summed E-state index contributed by atoms with van der Waals surface area (Å²) in [7, 11) is 0. The van der Waals surface area contributed by atoms with Crippen LogP contribution in [-0.4, -0.2) is 41.9 Å². The molecule has 0 saturated heterocycles. The zero-order valence-corrected chi connectivity index (χ0v) is 11.0. The van der Waals surface area contributed by atoms with Gasteiger partial charge < -0.3 is 9.84 Å². The van der Waals surface area contributed by atoms with E-state index in [2.05, 4.69) is 0 Å². The summed E-state index contributed by atoms with van der Waals surface area (Å²) in [6.45, 7) is 5.58. The third-order valence-electron chi connectivity index (χ3n) is 3.55. The molecule has 4 nitrogen and oxygen atoms in total. The molecular weight excluding hydrogens is 218 g/mol. The van der Waals surface area contributed by atoms with Crippen molar-refractivity contribution in [3.63, 3.8) is 0 Å². The maximum atomic E-state index is 11.7. The molecule has 1 N–H and O–H groups in total. The fraction of sp³-hybridized carbons (Fsp3) is 0.923. The third-order valence-corrected chi connectivity index (χ3v) is 3.55. The van der Waals surface area contributed by atoms with Crippen molar-refractivity contribution in [2.24, 2.45) is 5.92 Å². The molecule has 1 rings (SSSR count). The number of aliphatic hydroxyl groups excluding tert-OH is 1. The summed E-state index contributed by atoms with van der Waals surface area (Å²) in [6, 6.07) is 0. The van der Waals surface area contributed by atoms with E-state index in [0.717, 1.165) is 38.8 Å². The second-order valence-corrected chi connectivity index (χ2v) is 4.67. The van der Waals surface area contributed by atoms with Crippen molar-refractivity contribution >= 4 is 5.97 Å². The number of nitrogens with zero attached hydrogens (tertiary/aromatic N) is 1. The Kier molecular flexibility index (Phi) is 6.52. The van der Waals surface area contributed by atoms with Crippen LogP contribution in [0.2, 0.25) is 0 Å². The smallest absolute Gasteiger partial charge is 0.309 e. The summed E-state index contributed by atoms with van der Waals surface area (Å²) in [5.74, 6) is -0.0661. The Labute approximate surface area is 104 Å². The Morgan fingerprint density at radius 3 is 2.41 bits per heavy atom. The second kappa shape index (κ2) is 7.67. The predicted octanol–water partition coefficient (Wildman–Crippen LogP) is 1.77. The van der Waals surface area contributed by atoms with Gasteiger partial charge in [0, 0.05) is 0 Å². The normalized spacial score (nSPS) is 19.3. The van der Waals surface area contributed by atoms with Crippen molar-refractivity contribution in [3.05, 3.63) is 0 Å². The SMILES string of the molecule is CCN(CC)C(O)COC(=O)C1CCCCC1. The van der Waals surface area contributed by atoms with Gasteiger partial charge >= 0.3 is 5.97 Å². The van der Waals surface area contributed by atoms with Crippen molar-refractivity contribution in [1.82, 2.24) is 4.90 Å². The molecule has 0 aliphatic heterocycles. The number of carbonyl (C=O) groups is 1. The number of aliphatic hydroxyl groups is 1. The first-order valence-electron chi connectivity index (χ1n) is 6.77. The number of carbonyl (C=O) groups excluding carboxylic acids is 1. The Hall–Kier alpha value is -0.610. The highest BCUT2D eigenvalue weighted by molar-refractivity contribution is 5.72. The van der Waals surface area contributed by atoms with Crippen LogP contribution in [-0.2, 0) is 9.53 Å². The first-order valence-corrected chi connectivity index (χ1v) is 6.77. The standard InChI is InChI=1S/C13H25NO3/c1-3-14(4-2)12(15)10-17-13(16)11-8-6-5-7-9-11/h11-12,15H,3-10H2,1-2H3. The molecule has 1 aliphatic carbocycles. The molecule has 0 aromatic rings. The van der Waals surface area contributed by atoms with E-state index in [1.54, 1.807) is 0 Å². The molecule has 1 atom stereocenters. The molecule has 0 spiro atoms. The number of esters is 1. The molecule has 4 heteroatoms. The molecule has 0 aromatic heterocycles. The van der Waals surface area contributed by atoms with Crippen LogP contribution < -0.4 is 0 Å². The molecule has 17 heavy (non-hydrogen) atoms. The zero-order chi connectivity index (χ0) is 12.7. The quantitative estimate of drug-likeness (QED) is 0.570. The third kappa shape index (κ3) is 4.64. The predicted molar refractivity (Wildman–Crippen MR) is 66.5 cm³/mol. The molecule has 1 unspecified atom stereocenters. The largest absolute Gasteiger partial charge is 0.461 e. The minimum Gasteiger partial charge on any atom is -0.461 e. The van der Waals surface area contributed by atoms with Gasteiger partial charge in [0.1, 0.15) is 12.8 Å². The van der Waals surface area contributed by atoms with Gasteiger partial charge in [-0.15, -0.1) is 0 Å². The van der Waals surface area contributed by atoms with Gasteiger partial charge in [-0.1, -0.05) is 33.1 Å². The van der Waals surface area contributed by atoms with Crippen molar-refractivity contribution < 1.29 is 14.6 Å². The van der Waals surface area contributed by atoms with Crippen LogP contribution in [0.25, 0.3) is 0 Å². The molecule has 0 amide bonds. The van der Waals surface area contributed by atoms with Gasteiger partial charge in [-0.2, -0.15) is 0 Å². The maximum absolute atomic E-state index is 11.7. The summed E-state index contributed by atoms with van der Waals surface area (Å²) >= 11 is 0. The molecule has 1 fully saturated rings. The Balaban J connectivity index is 2.26. The topological polar surface area (TPSA) is 49.8 Å². The highest BCUT2D eigenvalue weighted by Gasteiger charge is 2.23. The van der Waals surface area contributed by atoms with Crippen LogP contribution in [0.3, 0.4) is 0 Å². The van der Waals surface area contributed by atoms with Crippen molar-refractivity contribution in [1.29, 1.82) is 0 Å². The lowest BCUT2D eigenvalue weighted by Gasteiger charge is -2.26. The molecular formula is C13H25NO3. The number of hydrogen-bond donors (Lipinski definition) is 1. The molecule has 0 bridgehead atoms. The van der Waals surface area contributed by atoms with Gasteiger partial charge in [0.25, 0.3) is 0 Å². The van der Waals surface area contributed by atoms with E-state index >= 15 is 0 Å². The van der Waals surface area contributed by atoms with E-state index in [1.807, 2.05) is 18.7 Å². The molecule has 0 heterocycles. The fourth-order valence-electron chi connectivity index (χ4n) is 2.36. The average Bonchev–Trinajstić information content (AvgIpc) is 2.38. The minimum absolute atomic E-state index is 0.0626. The van der Waals surface area contributed by atoms with Gasteiger partial charge in [0.2, 0.25) is 0 Å². The summed E-state index contributed by atoms with van der Waals surface area (Å²) in [6.07, 6.45) is 4.70. The van der Waals surface area contributed by atoms with E-state index < -0.39 is 6.23 Å². The van der Waals surface area contributed by atoms with Crippen molar-refractivity contribution in [3.8, 4) is 0 Å². The Morgan fingerprint density at radius 1 is 1.29 bits per heavy atom. The van der Waals surface area contributed by atoms with Crippen molar-refractivity contribution in [2.45, 2.75) is 52.2 Å². The van der Waals surface area contributed by atoms with Gasteiger partial charge in [0.15, 0.2) is 0 Å². The average molecular weight is 243 g/mol. The number of likely N-dealkylation sites (N-methyl/N-ethyl adjacent to an activating group) is 1. The number of ether oxygens (including phenoxy) is 1. The first-order chi connectivity index (χ1) is 8.19. The van der Waals surface area contributed by atoms with E-state index in [9.17, 15) is 9.90 Å². The zero-order valence-electron chi connectivity index (χ0n) is 11.0. The lowest BCUT2D eigenvalue weighted by Crippen LogP contribution is -2.39. The minimum atomic E-state index is -0.669. The Bertz CT molecular complexity index is 223. The van der Waals surface area contributed by atoms with Crippen LogP contribution in [0, 0.1) is 5.92 Å². The first kappa shape index (κ1) is 14.5. The number of rotatable bonds is 6. The second-order valence-electron chi connectivity index (χ2n) is 4.67. The van der Waals surface area contributed by atoms with Crippen LogP contribution in [0.5, 0.6) is 0 Å². The summed E-state index contributed by atoms with van der Waals surface area (Å²) in [4.78, 5) is 13.6. The molecule has 0 aromatic carbocycles. The van der Waals surface area contributed by atoms with E-state index in [4.69, 9.17) is 4.74 Å². The molecule has 1 saturated carbocycles. The fourth-order valence-corrected chi connectivity index (χ4v) is 2.36. The van der Waals surface area contributed by atoms with Gasteiger partial charge in [0.05, 0.1) is 5.92 Å². The lowest BCUT2D eigenvalue weighted by molar-refractivity contribution is -0.157. The highest BCUT2D eigenvalue weighted by Crippen LogP contribution is 2.24. The highest BCUT2D eigenvalue weighted by atomic mass is 16.5. The van der Waals surface area contributed by atoms with Gasteiger partial charge in [-0.3, -0.25) is 9.69 Å². The van der Waals surface area contributed by atoms with E-state index in [-0.39, 0.29) is 18.5 Å².